The van der Waals surface area contributed by atoms with E-state index in [9.17, 15) is 4.79 Å². The lowest BCUT2D eigenvalue weighted by molar-refractivity contribution is 0.236. The van der Waals surface area contributed by atoms with Crippen LogP contribution >= 0.6 is 11.6 Å². The molecule has 0 aliphatic carbocycles. The van der Waals surface area contributed by atoms with Gasteiger partial charge < -0.3 is 15.4 Å². The number of hydrogen-bond acceptors (Lipinski definition) is 2. The van der Waals surface area contributed by atoms with Gasteiger partial charge in [-0.3, -0.25) is 0 Å². The summed E-state index contributed by atoms with van der Waals surface area (Å²) >= 11 is 5.97. The molecular weight excluding hydrogens is 300 g/mol. The summed E-state index contributed by atoms with van der Waals surface area (Å²) in [6, 6.07) is 15.1. The number of rotatable bonds is 6. The standard InChI is InChI=1S/C17H19ClN2O2/c1-13-6-8-14(9-7-13)12-20-17(21)19-10-11-22-16-5-3-2-4-15(16)18/h2-9H,10-12H2,1H3,(H2,19,20,21). The maximum Gasteiger partial charge on any atom is 0.315 e. The van der Waals surface area contributed by atoms with Gasteiger partial charge in [-0.05, 0) is 24.6 Å². The van der Waals surface area contributed by atoms with Crippen molar-refractivity contribution in [3.8, 4) is 5.75 Å². The van der Waals surface area contributed by atoms with Gasteiger partial charge in [-0.2, -0.15) is 0 Å². The molecule has 0 aromatic heterocycles. The van der Waals surface area contributed by atoms with Crippen LogP contribution in [0, 0.1) is 6.92 Å². The summed E-state index contributed by atoms with van der Waals surface area (Å²) in [6.07, 6.45) is 0. The highest BCUT2D eigenvalue weighted by molar-refractivity contribution is 6.32. The van der Waals surface area contributed by atoms with Gasteiger partial charge in [0.25, 0.3) is 0 Å². The van der Waals surface area contributed by atoms with Gasteiger partial charge in [-0.1, -0.05) is 53.6 Å². The fourth-order valence-corrected chi connectivity index (χ4v) is 2.03. The number of aryl methyl sites for hydroxylation is 1. The average molecular weight is 319 g/mol. The van der Waals surface area contributed by atoms with E-state index in [2.05, 4.69) is 10.6 Å². The summed E-state index contributed by atoms with van der Waals surface area (Å²) in [4.78, 5) is 11.7. The molecule has 22 heavy (non-hydrogen) atoms. The van der Waals surface area contributed by atoms with Crippen LogP contribution in [-0.4, -0.2) is 19.2 Å². The molecule has 2 aromatic carbocycles. The monoisotopic (exact) mass is 318 g/mol. The molecule has 0 fully saturated rings. The highest BCUT2D eigenvalue weighted by atomic mass is 35.5. The normalized spacial score (nSPS) is 10.1. The first kappa shape index (κ1) is 16.2. The Labute approximate surface area is 135 Å². The number of urea groups is 1. The SMILES string of the molecule is Cc1ccc(CNC(=O)NCCOc2ccccc2Cl)cc1. The van der Waals surface area contributed by atoms with E-state index in [1.165, 1.54) is 5.56 Å². The first-order chi connectivity index (χ1) is 10.6. The van der Waals surface area contributed by atoms with E-state index in [0.717, 1.165) is 5.56 Å². The molecular formula is C17H19ClN2O2. The fraction of sp³-hybridized carbons (Fsp3) is 0.235. The summed E-state index contributed by atoms with van der Waals surface area (Å²) in [5, 5.41) is 6.09. The molecule has 2 rings (SSSR count). The van der Waals surface area contributed by atoms with Crippen LogP contribution in [0.25, 0.3) is 0 Å². The van der Waals surface area contributed by atoms with Crippen LogP contribution in [0.3, 0.4) is 0 Å². The van der Waals surface area contributed by atoms with E-state index >= 15 is 0 Å². The highest BCUT2D eigenvalue weighted by Gasteiger charge is 2.02. The topological polar surface area (TPSA) is 50.4 Å². The number of carbonyl (C=O) groups excluding carboxylic acids is 1. The number of amides is 2. The van der Waals surface area contributed by atoms with Crippen LogP contribution in [-0.2, 0) is 6.54 Å². The minimum absolute atomic E-state index is 0.219. The zero-order valence-corrected chi connectivity index (χ0v) is 13.2. The van der Waals surface area contributed by atoms with Gasteiger partial charge in [0.05, 0.1) is 11.6 Å². The van der Waals surface area contributed by atoms with E-state index in [0.29, 0.717) is 30.5 Å². The van der Waals surface area contributed by atoms with Crippen LogP contribution in [0.1, 0.15) is 11.1 Å². The molecule has 0 bridgehead atoms. The first-order valence-electron chi connectivity index (χ1n) is 7.10. The molecule has 0 saturated heterocycles. The Bertz CT molecular complexity index is 614. The molecule has 2 N–H and O–H groups in total. The Morgan fingerprint density at radius 1 is 1.09 bits per heavy atom. The summed E-state index contributed by atoms with van der Waals surface area (Å²) in [5.74, 6) is 0.617. The Morgan fingerprint density at radius 2 is 1.82 bits per heavy atom. The Morgan fingerprint density at radius 3 is 2.55 bits per heavy atom. The van der Waals surface area contributed by atoms with Crippen molar-refractivity contribution in [2.24, 2.45) is 0 Å². The largest absolute Gasteiger partial charge is 0.490 e. The predicted molar refractivity (Wildman–Crippen MR) is 88.4 cm³/mol. The minimum Gasteiger partial charge on any atom is -0.490 e. The van der Waals surface area contributed by atoms with Crippen molar-refractivity contribution in [2.45, 2.75) is 13.5 Å². The lowest BCUT2D eigenvalue weighted by Gasteiger charge is -2.10. The highest BCUT2D eigenvalue weighted by Crippen LogP contribution is 2.22. The number of benzene rings is 2. The molecule has 0 aliphatic heterocycles. The minimum atomic E-state index is -0.219. The van der Waals surface area contributed by atoms with Crippen molar-refractivity contribution in [3.63, 3.8) is 0 Å². The molecule has 5 heteroatoms. The number of halogens is 1. The maximum atomic E-state index is 11.7. The number of nitrogens with one attached hydrogen (secondary N) is 2. The van der Waals surface area contributed by atoms with Gasteiger partial charge in [0, 0.05) is 6.54 Å². The lowest BCUT2D eigenvalue weighted by atomic mass is 10.1. The fourth-order valence-electron chi connectivity index (χ4n) is 1.84. The molecule has 116 valence electrons. The Hall–Kier alpha value is -2.20. The first-order valence-corrected chi connectivity index (χ1v) is 7.47. The van der Waals surface area contributed by atoms with Crippen molar-refractivity contribution >= 4 is 17.6 Å². The van der Waals surface area contributed by atoms with E-state index in [1.54, 1.807) is 12.1 Å². The average Bonchev–Trinajstić information content (AvgIpc) is 2.52. The van der Waals surface area contributed by atoms with Crippen molar-refractivity contribution in [1.29, 1.82) is 0 Å². The van der Waals surface area contributed by atoms with Gasteiger partial charge in [0.15, 0.2) is 0 Å². The summed E-state index contributed by atoms with van der Waals surface area (Å²) in [7, 11) is 0. The second kappa shape index (κ2) is 8.29. The van der Waals surface area contributed by atoms with Crippen LogP contribution in [0.15, 0.2) is 48.5 Å². The number of para-hydroxylation sites is 1. The number of carbonyl (C=O) groups is 1. The molecule has 2 aromatic rings. The Balaban J connectivity index is 1.64. The lowest BCUT2D eigenvalue weighted by Crippen LogP contribution is -2.37. The molecule has 0 atom stereocenters. The number of ether oxygens (including phenoxy) is 1. The van der Waals surface area contributed by atoms with Crippen LogP contribution in [0.4, 0.5) is 4.79 Å². The molecule has 2 amide bonds. The van der Waals surface area contributed by atoms with Gasteiger partial charge in [-0.15, -0.1) is 0 Å². The number of hydrogen-bond donors (Lipinski definition) is 2. The molecule has 0 spiro atoms. The molecule has 0 unspecified atom stereocenters. The van der Waals surface area contributed by atoms with Crippen molar-refractivity contribution in [3.05, 3.63) is 64.7 Å². The molecule has 0 saturated carbocycles. The summed E-state index contributed by atoms with van der Waals surface area (Å²) < 4.78 is 5.49. The second-order valence-electron chi connectivity index (χ2n) is 4.87. The summed E-state index contributed by atoms with van der Waals surface area (Å²) in [6.45, 7) is 3.30. The molecule has 0 heterocycles. The van der Waals surface area contributed by atoms with Crippen LogP contribution in [0.2, 0.25) is 5.02 Å². The van der Waals surface area contributed by atoms with Gasteiger partial charge in [0.1, 0.15) is 12.4 Å². The van der Waals surface area contributed by atoms with E-state index in [-0.39, 0.29) is 6.03 Å². The van der Waals surface area contributed by atoms with E-state index in [4.69, 9.17) is 16.3 Å². The summed E-state index contributed by atoms with van der Waals surface area (Å²) in [5.41, 5.74) is 2.26. The van der Waals surface area contributed by atoms with Crippen molar-refractivity contribution < 1.29 is 9.53 Å². The molecule has 0 aliphatic rings. The maximum absolute atomic E-state index is 11.7. The third-order valence-electron chi connectivity index (χ3n) is 3.06. The third kappa shape index (κ3) is 5.30. The van der Waals surface area contributed by atoms with E-state index < -0.39 is 0 Å². The molecule has 0 radical (unpaired) electrons. The molecule has 4 nitrogen and oxygen atoms in total. The zero-order valence-electron chi connectivity index (χ0n) is 12.4. The van der Waals surface area contributed by atoms with Crippen molar-refractivity contribution in [1.82, 2.24) is 10.6 Å². The van der Waals surface area contributed by atoms with E-state index in [1.807, 2.05) is 43.3 Å². The predicted octanol–water partition coefficient (Wildman–Crippen LogP) is 3.53. The second-order valence-corrected chi connectivity index (χ2v) is 5.28. The van der Waals surface area contributed by atoms with Crippen LogP contribution < -0.4 is 15.4 Å². The zero-order chi connectivity index (χ0) is 15.8. The smallest absolute Gasteiger partial charge is 0.315 e. The van der Waals surface area contributed by atoms with Crippen molar-refractivity contribution in [2.75, 3.05) is 13.2 Å². The Kier molecular flexibility index (Phi) is 6.10. The third-order valence-corrected chi connectivity index (χ3v) is 3.37. The van der Waals surface area contributed by atoms with Gasteiger partial charge in [0.2, 0.25) is 0 Å². The quantitative estimate of drug-likeness (QED) is 0.801. The van der Waals surface area contributed by atoms with Gasteiger partial charge in [-0.25, -0.2) is 4.79 Å². The van der Waals surface area contributed by atoms with Crippen LogP contribution in [0.5, 0.6) is 5.75 Å². The van der Waals surface area contributed by atoms with Gasteiger partial charge >= 0.3 is 6.03 Å².